The zero-order valence-electron chi connectivity index (χ0n) is 11.0. The average Bonchev–Trinajstić information content (AvgIpc) is 1.98. The number of hydrogen-bond donors (Lipinski definition) is 2. The Kier molecular flexibility index (Phi) is 4.78. The van der Waals surface area contributed by atoms with Crippen LogP contribution in [0.15, 0.2) is 0 Å². The molecule has 0 saturated carbocycles. The summed E-state index contributed by atoms with van der Waals surface area (Å²) in [5.41, 5.74) is -0.326. The second-order valence-corrected chi connectivity index (χ2v) is 5.90. The van der Waals surface area contributed by atoms with Crippen LogP contribution in [-0.2, 0) is 0 Å². The maximum Gasteiger partial charge on any atom is 0.361 e. The normalized spacial score (nSPS) is 15.9. The molecule has 0 spiro atoms. The van der Waals surface area contributed by atoms with Crippen molar-refractivity contribution in [3.8, 4) is 0 Å². The summed E-state index contributed by atoms with van der Waals surface area (Å²) >= 11 is 0. The quantitative estimate of drug-likeness (QED) is 0.352. The molecule has 5 nitrogen and oxygen atoms in total. The van der Waals surface area contributed by atoms with Gasteiger partial charge >= 0.3 is 6.04 Å². The predicted molar refractivity (Wildman–Crippen MR) is 64.3 cm³/mol. The second-order valence-electron chi connectivity index (χ2n) is 5.90. The van der Waals surface area contributed by atoms with Gasteiger partial charge in [-0.2, -0.15) is 0 Å². The molecule has 0 aliphatic heterocycles. The molecule has 0 atom stereocenters. The Labute approximate surface area is 96.8 Å². The molecule has 92 valence electrons. The number of nitrogens with one attached hydrogen (secondary N) is 2. The van der Waals surface area contributed by atoms with Gasteiger partial charge in [0.05, 0.1) is 0 Å². The van der Waals surface area contributed by atoms with Gasteiger partial charge in [-0.05, 0) is 41.5 Å². The van der Waals surface area contributed by atoms with Gasteiger partial charge < -0.3 is 0 Å². The van der Waals surface area contributed by atoms with Crippen molar-refractivity contribution in [2.45, 2.75) is 58.7 Å². The lowest BCUT2D eigenvalue weighted by Crippen LogP contribution is -2.86. The third kappa shape index (κ3) is 8.08. The predicted octanol–water partition coefficient (Wildman–Crippen LogP) is -1.47. The van der Waals surface area contributed by atoms with Gasteiger partial charge in [0.1, 0.15) is 0 Å². The van der Waals surface area contributed by atoms with E-state index in [1.165, 1.54) is 12.4 Å². The highest BCUT2D eigenvalue weighted by Gasteiger charge is 2.25. The van der Waals surface area contributed by atoms with E-state index in [0.29, 0.717) is 0 Å². The molecule has 0 aromatic carbocycles. The number of nitrogens with zero attached hydrogens (tertiary/aromatic N) is 1. The fourth-order valence-corrected chi connectivity index (χ4v) is 0.841. The Bertz CT molecular complexity index is 271. The SMILES string of the molecule is CC(C)(C)[NH+]=CC(C=[NH+]C(C)(C)C)[N+](=O)[O-]. The van der Waals surface area contributed by atoms with E-state index < -0.39 is 6.04 Å². The molecule has 0 unspecified atom stereocenters. The molecule has 0 aliphatic carbocycles. The molecule has 0 radical (unpaired) electrons. The maximum absolute atomic E-state index is 10.8. The summed E-state index contributed by atoms with van der Waals surface area (Å²) in [5, 5.41) is 10.8. The van der Waals surface area contributed by atoms with Gasteiger partial charge in [0.2, 0.25) is 12.4 Å². The second kappa shape index (κ2) is 5.18. The van der Waals surface area contributed by atoms with Gasteiger partial charge in [-0.3, -0.25) is 10.1 Å². The summed E-state index contributed by atoms with van der Waals surface area (Å²) in [6.45, 7) is 11.7. The standard InChI is InChI=1S/C11H21N3O2/c1-10(2,3)12-7-9(14(15)16)8-13-11(4,5)6/h7-9H,1-6H3/p+2. The molecule has 0 rings (SSSR count). The maximum atomic E-state index is 10.8. The average molecular weight is 229 g/mol. The Morgan fingerprint density at radius 2 is 1.31 bits per heavy atom. The van der Waals surface area contributed by atoms with Crippen molar-refractivity contribution in [2.24, 2.45) is 0 Å². The smallest absolute Gasteiger partial charge is 0.263 e. The molecule has 16 heavy (non-hydrogen) atoms. The van der Waals surface area contributed by atoms with E-state index in [-0.39, 0.29) is 16.0 Å². The third-order valence-corrected chi connectivity index (χ3v) is 1.62. The highest BCUT2D eigenvalue weighted by molar-refractivity contribution is 5.80. The van der Waals surface area contributed by atoms with E-state index in [1.54, 1.807) is 0 Å². The third-order valence-electron chi connectivity index (χ3n) is 1.62. The monoisotopic (exact) mass is 229 g/mol. The van der Waals surface area contributed by atoms with Gasteiger partial charge in [-0.1, -0.05) is 0 Å². The molecule has 0 amide bonds. The lowest BCUT2D eigenvalue weighted by molar-refractivity contribution is -0.566. The first-order valence-corrected chi connectivity index (χ1v) is 5.37. The van der Waals surface area contributed by atoms with E-state index in [4.69, 9.17) is 0 Å². The molecule has 0 bridgehead atoms. The van der Waals surface area contributed by atoms with Crippen LogP contribution in [0.25, 0.3) is 0 Å². The molecule has 0 saturated heterocycles. The first-order chi connectivity index (χ1) is 7.01. The number of rotatable bonds is 3. The van der Waals surface area contributed by atoms with Crippen LogP contribution >= 0.6 is 0 Å². The Hall–Kier alpha value is -1.26. The molecular weight excluding hydrogens is 206 g/mol. The fraction of sp³-hybridized carbons (Fsp3) is 0.818. The van der Waals surface area contributed by atoms with Crippen molar-refractivity contribution < 1.29 is 14.9 Å². The van der Waals surface area contributed by atoms with E-state index in [0.717, 1.165) is 0 Å². The van der Waals surface area contributed by atoms with E-state index >= 15 is 0 Å². The first kappa shape index (κ1) is 14.7. The zero-order valence-corrected chi connectivity index (χ0v) is 11.0. The largest absolute Gasteiger partial charge is 0.361 e. The minimum Gasteiger partial charge on any atom is -0.263 e. The summed E-state index contributed by atoms with van der Waals surface area (Å²) in [6, 6.07) is -0.835. The van der Waals surface area contributed by atoms with Crippen molar-refractivity contribution in [1.82, 2.24) is 0 Å². The summed E-state index contributed by atoms with van der Waals surface area (Å²) in [5.74, 6) is 0. The van der Waals surface area contributed by atoms with Crippen molar-refractivity contribution in [3.63, 3.8) is 0 Å². The molecule has 0 aromatic rings. The minimum absolute atomic E-state index is 0.163. The minimum atomic E-state index is -0.835. The van der Waals surface area contributed by atoms with Crippen LogP contribution in [0.5, 0.6) is 0 Å². The topological polar surface area (TPSA) is 71.1 Å². The van der Waals surface area contributed by atoms with Gasteiger partial charge in [0, 0.05) is 4.92 Å². The fourth-order valence-electron chi connectivity index (χ4n) is 0.841. The summed E-state index contributed by atoms with van der Waals surface area (Å²) in [6.07, 6.45) is 3.00. The van der Waals surface area contributed by atoms with E-state index in [2.05, 4.69) is 9.98 Å². The van der Waals surface area contributed by atoms with Crippen LogP contribution in [0.2, 0.25) is 0 Å². The summed E-state index contributed by atoms with van der Waals surface area (Å²) in [4.78, 5) is 16.5. The van der Waals surface area contributed by atoms with Gasteiger partial charge in [0.15, 0.2) is 11.1 Å². The molecule has 0 aromatic heterocycles. The first-order valence-electron chi connectivity index (χ1n) is 5.37. The zero-order chi connectivity index (χ0) is 13.0. The molecule has 2 N–H and O–H groups in total. The van der Waals surface area contributed by atoms with Crippen LogP contribution in [-0.4, -0.2) is 34.5 Å². The van der Waals surface area contributed by atoms with Crippen molar-refractivity contribution in [1.29, 1.82) is 0 Å². The van der Waals surface area contributed by atoms with Crippen LogP contribution in [0.4, 0.5) is 0 Å². The van der Waals surface area contributed by atoms with E-state index in [1.807, 2.05) is 41.5 Å². The molecule has 5 heteroatoms. The summed E-state index contributed by atoms with van der Waals surface area (Å²) in [7, 11) is 0. The molecule has 0 fully saturated rings. The van der Waals surface area contributed by atoms with Gasteiger partial charge in [-0.25, -0.2) is 9.98 Å². The lowest BCUT2D eigenvalue weighted by Gasteiger charge is -2.05. The Balaban J connectivity index is 4.73. The van der Waals surface area contributed by atoms with Crippen molar-refractivity contribution in [3.05, 3.63) is 10.1 Å². The lowest BCUT2D eigenvalue weighted by atomic mass is 10.1. The Morgan fingerprint density at radius 1 is 1.00 bits per heavy atom. The summed E-state index contributed by atoms with van der Waals surface area (Å²) < 4.78 is 0. The Morgan fingerprint density at radius 3 is 1.50 bits per heavy atom. The van der Waals surface area contributed by atoms with Gasteiger partial charge in [0.25, 0.3) is 0 Å². The molecular formula is C11H23N3O2+2. The van der Waals surface area contributed by atoms with Gasteiger partial charge in [-0.15, -0.1) is 0 Å². The van der Waals surface area contributed by atoms with Crippen LogP contribution in [0.1, 0.15) is 41.5 Å². The van der Waals surface area contributed by atoms with E-state index in [9.17, 15) is 10.1 Å². The van der Waals surface area contributed by atoms with Crippen molar-refractivity contribution >= 4 is 12.4 Å². The number of nitro groups is 1. The molecule has 0 heterocycles. The van der Waals surface area contributed by atoms with Crippen LogP contribution < -0.4 is 9.98 Å². The highest BCUT2D eigenvalue weighted by Crippen LogP contribution is 1.88. The number of hydrogen-bond acceptors (Lipinski definition) is 2. The van der Waals surface area contributed by atoms with Crippen LogP contribution in [0.3, 0.4) is 0 Å². The van der Waals surface area contributed by atoms with Crippen LogP contribution in [0, 0.1) is 10.1 Å². The highest BCUT2D eigenvalue weighted by atomic mass is 16.6. The molecule has 0 aliphatic rings. The van der Waals surface area contributed by atoms with Crippen molar-refractivity contribution in [2.75, 3.05) is 0 Å².